The van der Waals surface area contributed by atoms with Crippen LogP contribution >= 0.6 is 12.4 Å². The normalized spacial score (nSPS) is 18.3. The highest BCUT2D eigenvalue weighted by Gasteiger charge is 2.22. The van der Waals surface area contributed by atoms with Gasteiger partial charge in [-0.1, -0.05) is 12.1 Å². The Bertz CT molecular complexity index is 441. The maximum atomic E-state index is 12.7. The Morgan fingerprint density at radius 3 is 2.71 bits per heavy atom. The molecule has 0 saturated carbocycles. The third-order valence-electron chi connectivity index (χ3n) is 3.70. The van der Waals surface area contributed by atoms with Gasteiger partial charge in [-0.2, -0.15) is 0 Å². The highest BCUT2D eigenvalue weighted by molar-refractivity contribution is 5.85. The van der Waals surface area contributed by atoms with Gasteiger partial charge in [-0.05, 0) is 37.6 Å². The number of carbonyl (C=O) groups is 1. The van der Waals surface area contributed by atoms with Gasteiger partial charge >= 0.3 is 0 Å². The largest absolute Gasteiger partial charge is 0.355 e. The van der Waals surface area contributed by atoms with Crippen LogP contribution in [0.15, 0.2) is 24.3 Å². The fourth-order valence-electron chi connectivity index (χ4n) is 2.47. The summed E-state index contributed by atoms with van der Waals surface area (Å²) in [4.78, 5) is 14.0. The van der Waals surface area contributed by atoms with Crippen molar-refractivity contribution in [2.24, 2.45) is 0 Å². The summed E-state index contributed by atoms with van der Waals surface area (Å²) in [6.45, 7) is 2.95. The molecule has 1 aliphatic rings. The zero-order valence-electron chi connectivity index (χ0n) is 12.3. The number of likely N-dealkylation sites (N-methyl/N-ethyl adjacent to an activating group) is 1. The maximum absolute atomic E-state index is 12.7. The van der Waals surface area contributed by atoms with E-state index >= 15 is 0 Å². The molecule has 2 N–H and O–H groups in total. The summed E-state index contributed by atoms with van der Waals surface area (Å²) in [5, 5.41) is 6.14. The van der Waals surface area contributed by atoms with Crippen molar-refractivity contribution in [2.75, 3.05) is 33.2 Å². The fourth-order valence-corrected chi connectivity index (χ4v) is 2.47. The van der Waals surface area contributed by atoms with Gasteiger partial charge in [0.05, 0.1) is 6.54 Å². The lowest BCUT2D eigenvalue weighted by molar-refractivity contribution is -0.122. The van der Waals surface area contributed by atoms with Gasteiger partial charge in [-0.3, -0.25) is 9.69 Å². The number of rotatable bonds is 6. The Kier molecular flexibility index (Phi) is 7.64. The van der Waals surface area contributed by atoms with E-state index in [1.54, 1.807) is 12.1 Å². The predicted molar refractivity (Wildman–Crippen MR) is 84.3 cm³/mol. The third kappa shape index (κ3) is 5.99. The summed E-state index contributed by atoms with van der Waals surface area (Å²) in [6, 6.07) is 6.89. The van der Waals surface area contributed by atoms with Gasteiger partial charge < -0.3 is 10.6 Å². The van der Waals surface area contributed by atoms with E-state index in [-0.39, 0.29) is 24.1 Å². The van der Waals surface area contributed by atoms with Crippen LogP contribution in [0.5, 0.6) is 0 Å². The highest BCUT2D eigenvalue weighted by atomic mass is 35.5. The van der Waals surface area contributed by atoms with E-state index in [9.17, 15) is 9.18 Å². The second-order valence-corrected chi connectivity index (χ2v) is 5.24. The van der Waals surface area contributed by atoms with Crippen LogP contribution in [0, 0.1) is 5.82 Å². The summed E-state index contributed by atoms with van der Waals surface area (Å²) < 4.78 is 12.7. The van der Waals surface area contributed by atoms with E-state index in [1.807, 2.05) is 7.05 Å². The fraction of sp³-hybridized carbons (Fsp3) is 0.533. The summed E-state index contributed by atoms with van der Waals surface area (Å²) >= 11 is 0. The van der Waals surface area contributed by atoms with Gasteiger partial charge in [0.1, 0.15) is 5.82 Å². The molecule has 118 valence electrons. The van der Waals surface area contributed by atoms with Crippen molar-refractivity contribution in [3.8, 4) is 0 Å². The Balaban J connectivity index is 0.00000220. The van der Waals surface area contributed by atoms with E-state index in [2.05, 4.69) is 15.5 Å². The van der Waals surface area contributed by atoms with Crippen LogP contribution in [0.1, 0.15) is 12.0 Å². The molecule has 1 amide bonds. The zero-order valence-corrected chi connectivity index (χ0v) is 13.1. The van der Waals surface area contributed by atoms with Crippen LogP contribution < -0.4 is 10.6 Å². The number of nitrogens with zero attached hydrogens (tertiary/aromatic N) is 1. The molecule has 1 saturated heterocycles. The molecule has 0 spiro atoms. The molecule has 6 heteroatoms. The number of halogens is 2. The molecule has 0 aromatic heterocycles. The van der Waals surface area contributed by atoms with Crippen molar-refractivity contribution in [1.29, 1.82) is 0 Å². The van der Waals surface area contributed by atoms with Gasteiger partial charge in [0.15, 0.2) is 0 Å². The molecule has 0 bridgehead atoms. The van der Waals surface area contributed by atoms with Crippen molar-refractivity contribution in [1.82, 2.24) is 15.5 Å². The topological polar surface area (TPSA) is 44.4 Å². The average Bonchev–Trinajstić information content (AvgIpc) is 2.88. The number of nitrogens with one attached hydrogen (secondary N) is 2. The summed E-state index contributed by atoms with van der Waals surface area (Å²) in [5.41, 5.74) is 1.03. The molecule has 1 heterocycles. The molecule has 21 heavy (non-hydrogen) atoms. The summed E-state index contributed by atoms with van der Waals surface area (Å²) in [6.07, 6.45) is 1.82. The number of benzene rings is 1. The SMILES string of the molecule is CNC1CCN(CC(=O)NCCc2ccc(F)cc2)C1.Cl. The lowest BCUT2D eigenvalue weighted by Crippen LogP contribution is -2.38. The van der Waals surface area contributed by atoms with E-state index in [4.69, 9.17) is 0 Å². The lowest BCUT2D eigenvalue weighted by atomic mass is 10.1. The lowest BCUT2D eigenvalue weighted by Gasteiger charge is -2.15. The van der Waals surface area contributed by atoms with E-state index in [1.165, 1.54) is 12.1 Å². The molecule has 0 aliphatic carbocycles. The van der Waals surface area contributed by atoms with Crippen molar-refractivity contribution in [3.63, 3.8) is 0 Å². The van der Waals surface area contributed by atoms with Crippen LogP contribution in [0.3, 0.4) is 0 Å². The second kappa shape index (κ2) is 8.97. The summed E-state index contributed by atoms with van der Waals surface area (Å²) in [7, 11) is 1.96. The third-order valence-corrected chi connectivity index (χ3v) is 3.70. The van der Waals surface area contributed by atoms with E-state index in [0.717, 1.165) is 31.5 Å². The van der Waals surface area contributed by atoms with Gasteiger partial charge in [-0.25, -0.2) is 4.39 Å². The van der Waals surface area contributed by atoms with E-state index in [0.29, 0.717) is 19.1 Å². The van der Waals surface area contributed by atoms with Gasteiger partial charge in [0.25, 0.3) is 0 Å². The molecule has 1 aromatic rings. The van der Waals surface area contributed by atoms with Crippen LogP contribution in [0.4, 0.5) is 4.39 Å². The molecule has 4 nitrogen and oxygen atoms in total. The smallest absolute Gasteiger partial charge is 0.234 e. The molecule has 1 atom stereocenters. The van der Waals surface area contributed by atoms with Crippen molar-refractivity contribution >= 4 is 18.3 Å². The van der Waals surface area contributed by atoms with E-state index < -0.39 is 0 Å². The van der Waals surface area contributed by atoms with Gasteiger partial charge in [-0.15, -0.1) is 12.4 Å². The predicted octanol–water partition coefficient (Wildman–Crippen LogP) is 1.20. The second-order valence-electron chi connectivity index (χ2n) is 5.24. The standard InChI is InChI=1S/C15H22FN3O.ClH/c1-17-14-7-9-19(10-14)11-15(20)18-8-6-12-2-4-13(16)5-3-12;/h2-5,14,17H,6-11H2,1H3,(H,18,20);1H. The number of carbonyl (C=O) groups excluding carboxylic acids is 1. The molecular formula is C15H23ClFN3O. The first-order chi connectivity index (χ1) is 9.67. The summed E-state index contributed by atoms with van der Waals surface area (Å²) in [5.74, 6) is -0.172. The maximum Gasteiger partial charge on any atom is 0.234 e. The first-order valence-electron chi connectivity index (χ1n) is 7.08. The molecule has 2 rings (SSSR count). The first-order valence-corrected chi connectivity index (χ1v) is 7.08. The van der Waals surface area contributed by atoms with Crippen LogP contribution in [0.2, 0.25) is 0 Å². The van der Waals surface area contributed by atoms with Gasteiger partial charge in [0.2, 0.25) is 5.91 Å². The molecule has 1 unspecified atom stereocenters. The number of amides is 1. The van der Waals surface area contributed by atoms with Crippen molar-refractivity contribution in [2.45, 2.75) is 18.9 Å². The quantitative estimate of drug-likeness (QED) is 0.829. The molecular weight excluding hydrogens is 293 g/mol. The number of hydrogen-bond donors (Lipinski definition) is 2. The molecule has 1 aliphatic heterocycles. The van der Waals surface area contributed by atoms with Crippen LogP contribution in [0.25, 0.3) is 0 Å². The monoisotopic (exact) mass is 315 g/mol. The molecule has 1 fully saturated rings. The zero-order chi connectivity index (χ0) is 14.4. The number of likely N-dealkylation sites (tertiary alicyclic amines) is 1. The van der Waals surface area contributed by atoms with Crippen LogP contribution in [-0.4, -0.2) is 50.1 Å². The Hall–Kier alpha value is -1.17. The Morgan fingerprint density at radius 1 is 1.38 bits per heavy atom. The van der Waals surface area contributed by atoms with Crippen LogP contribution in [-0.2, 0) is 11.2 Å². The molecule has 1 aromatic carbocycles. The number of hydrogen-bond acceptors (Lipinski definition) is 3. The minimum absolute atomic E-state index is 0. The highest BCUT2D eigenvalue weighted by Crippen LogP contribution is 2.07. The van der Waals surface area contributed by atoms with Gasteiger partial charge in [0, 0.05) is 25.7 Å². The molecule has 0 radical (unpaired) electrons. The Labute approximate surface area is 131 Å². The first kappa shape index (κ1) is 17.9. The minimum atomic E-state index is -0.231. The van der Waals surface area contributed by atoms with Crippen molar-refractivity contribution < 1.29 is 9.18 Å². The Morgan fingerprint density at radius 2 is 2.10 bits per heavy atom. The van der Waals surface area contributed by atoms with Crippen molar-refractivity contribution in [3.05, 3.63) is 35.6 Å². The minimum Gasteiger partial charge on any atom is -0.355 e. The average molecular weight is 316 g/mol.